The maximum atomic E-state index is 13.4. The van der Waals surface area contributed by atoms with E-state index in [0.717, 1.165) is 24.8 Å². The van der Waals surface area contributed by atoms with Crippen LogP contribution in [0, 0.1) is 5.92 Å². The van der Waals surface area contributed by atoms with Crippen molar-refractivity contribution in [2.24, 2.45) is 5.92 Å². The van der Waals surface area contributed by atoms with Crippen molar-refractivity contribution in [2.75, 3.05) is 24.5 Å². The number of amides is 1. The molecule has 1 fully saturated rings. The Labute approximate surface area is 182 Å². The molecule has 1 unspecified atom stereocenters. The molecule has 1 aromatic heterocycles. The van der Waals surface area contributed by atoms with Crippen LogP contribution in [0.5, 0.6) is 0 Å². The van der Waals surface area contributed by atoms with Crippen LogP contribution in [0.15, 0.2) is 24.3 Å². The van der Waals surface area contributed by atoms with Crippen LogP contribution in [-0.2, 0) is 4.74 Å². The molecule has 1 aromatic carbocycles. The maximum Gasteiger partial charge on any atom is 0.410 e. The zero-order valence-corrected chi connectivity index (χ0v) is 18.9. The summed E-state index contributed by atoms with van der Waals surface area (Å²) < 4.78 is 32.4. The van der Waals surface area contributed by atoms with E-state index in [1.807, 2.05) is 46.8 Å². The quantitative estimate of drug-likeness (QED) is 0.628. The van der Waals surface area contributed by atoms with Gasteiger partial charge in [-0.15, -0.1) is 0 Å². The molecule has 8 heteroatoms. The monoisotopic (exact) mass is 434 g/mol. The summed E-state index contributed by atoms with van der Waals surface area (Å²) in [5, 5.41) is 0.764. The van der Waals surface area contributed by atoms with Gasteiger partial charge in [0.2, 0.25) is 0 Å². The van der Waals surface area contributed by atoms with Crippen LogP contribution in [-0.4, -0.2) is 52.2 Å². The largest absolute Gasteiger partial charge is 0.444 e. The first kappa shape index (κ1) is 23.2. The fourth-order valence-electron chi connectivity index (χ4n) is 3.92. The Hall–Kier alpha value is -2.51. The van der Waals surface area contributed by atoms with Crippen molar-refractivity contribution in [3.05, 3.63) is 30.1 Å². The van der Waals surface area contributed by atoms with Gasteiger partial charge in [-0.1, -0.05) is 12.1 Å². The van der Waals surface area contributed by atoms with Gasteiger partial charge in [0.05, 0.1) is 5.52 Å². The molecular weight excluding hydrogens is 402 g/mol. The lowest BCUT2D eigenvalue weighted by Gasteiger charge is -2.38. The van der Waals surface area contributed by atoms with E-state index in [9.17, 15) is 13.6 Å². The van der Waals surface area contributed by atoms with Gasteiger partial charge < -0.3 is 14.5 Å². The molecule has 0 radical (unpaired) electrons. The lowest BCUT2D eigenvalue weighted by atomic mass is 9.96. The van der Waals surface area contributed by atoms with Crippen LogP contribution in [0.4, 0.5) is 19.4 Å². The van der Waals surface area contributed by atoms with Gasteiger partial charge >= 0.3 is 6.09 Å². The standard InChI is InChI=1S/C23H32F2N4O2/c1-15(2)29(22(30)31-23(3,4)5)14-16-9-8-12-28(13-16)21-17-10-6-7-11-18(17)26-20(27-21)19(24)25/h6-7,10-11,15-16,19H,8-9,12-14H2,1-5H3. The van der Waals surface area contributed by atoms with Crippen LogP contribution in [0.1, 0.15) is 59.7 Å². The highest BCUT2D eigenvalue weighted by Crippen LogP contribution is 2.31. The van der Waals surface area contributed by atoms with E-state index in [-0.39, 0.29) is 18.1 Å². The number of alkyl halides is 2. The van der Waals surface area contributed by atoms with Crippen molar-refractivity contribution in [2.45, 2.75) is 65.5 Å². The Morgan fingerprint density at radius 2 is 1.97 bits per heavy atom. The van der Waals surface area contributed by atoms with Crippen molar-refractivity contribution in [3.63, 3.8) is 0 Å². The predicted octanol–water partition coefficient (Wildman–Crippen LogP) is 5.43. The number of hydrogen-bond donors (Lipinski definition) is 0. The Morgan fingerprint density at radius 1 is 1.26 bits per heavy atom. The van der Waals surface area contributed by atoms with E-state index >= 15 is 0 Å². The molecular formula is C23H32F2N4O2. The highest BCUT2D eigenvalue weighted by atomic mass is 19.3. The number of anilines is 1. The third kappa shape index (κ3) is 5.80. The van der Waals surface area contributed by atoms with E-state index < -0.39 is 17.9 Å². The van der Waals surface area contributed by atoms with E-state index in [1.54, 1.807) is 17.0 Å². The second-order valence-electron chi connectivity index (χ2n) is 9.40. The zero-order chi connectivity index (χ0) is 22.8. The van der Waals surface area contributed by atoms with Crippen LogP contribution in [0.25, 0.3) is 10.9 Å². The summed E-state index contributed by atoms with van der Waals surface area (Å²) in [4.78, 5) is 24.7. The number of carbonyl (C=O) groups is 1. The number of nitrogens with zero attached hydrogens (tertiary/aromatic N) is 4. The number of benzene rings is 1. The molecule has 3 rings (SSSR count). The van der Waals surface area contributed by atoms with E-state index in [4.69, 9.17) is 4.74 Å². The topological polar surface area (TPSA) is 58.6 Å². The molecule has 31 heavy (non-hydrogen) atoms. The van der Waals surface area contributed by atoms with Crippen LogP contribution < -0.4 is 4.90 Å². The zero-order valence-electron chi connectivity index (χ0n) is 18.9. The Balaban J connectivity index is 1.82. The Bertz CT molecular complexity index is 914. The maximum absolute atomic E-state index is 13.4. The summed E-state index contributed by atoms with van der Waals surface area (Å²) in [7, 11) is 0. The fourth-order valence-corrected chi connectivity index (χ4v) is 3.92. The number of fused-ring (bicyclic) bond motifs is 1. The molecule has 2 heterocycles. The fraction of sp³-hybridized carbons (Fsp3) is 0.609. The number of carbonyl (C=O) groups excluding carboxylic acids is 1. The van der Waals surface area contributed by atoms with Crippen molar-refractivity contribution < 1.29 is 18.3 Å². The average Bonchev–Trinajstić information content (AvgIpc) is 2.69. The second-order valence-corrected chi connectivity index (χ2v) is 9.40. The number of piperidine rings is 1. The summed E-state index contributed by atoms with van der Waals surface area (Å²) in [6.45, 7) is 11.4. The number of ether oxygens (including phenoxy) is 1. The van der Waals surface area contributed by atoms with Crippen LogP contribution in [0.2, 0.25) is 0 Å². The molecule has 0 spiro atoms. The summed E-state index contributed by atoms with van der Waals surface area (Å²) in [6, 6.07) is 7.24. The Morgan fingerprint density at radius 3 is 2.61 bits per heavy atom. The number of para-hydroxylation sites is 1. The Kier molecular flexibility index (Phi) is 6.96. The minimum atomic E-state index is -2.73. The molecule has 1 aliphatic heterocycles. The van der Waals surface area contributed by atoms with Gasteiger partial charge in [0.1, 0.15) is 11.4 Å². The minimum absolute atomic E-state index is 0.00413. The third-order valence-corrected chi connectivity index (χ3v) is 5.32. The first-order valence-corrected chi connectivity index (χ1v) is 10.8. The van der Waals surface area contributed by atoms with Gasteiger partial charge in [-0.3, -0.25) is 0 Å². The lowest BCUT2D eigenvalue weighted by Crippen LogP contribution is -2.47. The van der Waals surface area contributed by atoms with Gasteiger partial charge in [-0.2, -0.15) is 0 Å². The molecule has 1 amide bonds. The lowest BCUT2D eigenvalue weighted by molar-refractivity contribution is 0.0151. The van der Waals surface area contributed by atoms with Crippen molar-refractivity contribution in [1.82, 2.24) is 14.9 Å². The molecule has 0 saturated carbocycles. The molecule has 6 nitrogen and oxygen atoms in total. The first-order valence-electron chi connectivity index (χ1n) is 10.8. The number of rotatable bonds is 5. The van der Waals surface area contributed by atoms with Gasteiger partial charge in [0.15, 0.2) is 5.82 Å². The van der Waals surface area contributed by atoms with E-state index in [2.05, 4.69) is 14.9 Å². The van der Waals surface area contributed by atoms with Gasteiger partial charge in [-0.05, 0) is 65.5 Å². The number of hydrogen-bond acceptors (Lipinski definition) is 5. The number of aromatic nitrogens is 2. The molecule has 1 atom stereocenters. The summed E-state index contributed by atoms with van der Waals surface area (Å²) >= 11 is 0. The first-order chi connectivity index (χ1) is 14.5. The number of halogens is 2. The molecule has 1 aliphatic rings. The van der Waals surface area contributed by atoms with Crippen molar-refractivity contribution in [3.8, 4) is 0 Å². The van der Waals surface area contributed by atoms with Crippen molar-refractivity contribution >= 4 is 22.8 Å². The molecule has 0 N–H and O–H groups in total. The summed E-state index contributed by atoms with van der Waals surface area (Å²) in [5.74, 6) is 0.278. The van der Waals surface area contributed by atoms with Crippen LogP contribution in [0.3, 0.4) is 0 Å². The second kappa shape index (κ2) is 9.32. The van der Waals surface area contributed by atoms with Gasteiger partial charge in [-0.25, -0.2) is 23.5 Å². The molecule has 2 aromatic rings. The minimum Gasteiger partial charge on any atom is -0.444 e. The summed E-state index contributed by atoms with van der Waals surface area (Å²) in [6.07, 6.45) is -1.21. The van der Waals surface area contributed by atoms with Gasteiger partial charge in [0.25, 0.3) is 6.43 Å². The third-order valence-electron chi connectivity index (χ3n) is 5.32. The highest BCUT2D eigenvalue weighted by molar-refractivity contribution is 5.89. The summed E-state index contributed by atoms with van der Waals surface area (Å²) in [5.41, 5.74) is -0.0450. The van der Waals surface area contributed by atoms with Crippen molar-refractivity contribution in [1.29, 1.82) is 0 Å². The molecule has 1 saturated heterocycles. The highest BCUT2D eigenvalue weighted by Gasteiger charge is 2.30. The molecule has 170 valence electrons. The SMILES string of the molecule is CC(C)N(CC1CCCN(c2nc(C(F)F)nc3ccccc23)C1)C(=O)OC(C)(C)C. The van der Waals surface area contributed by atoms with E-state index in [1.165, 1.54) is 0 Å². The van der Waals surface area contributed by atoms with E-state index in [0.29, 0.717) is 24.4 Å². The predicted molar refractivity (Wildman–Crippen MR) is 118 cm³/mol. The molecule has 0 bridgehead atoms. The smallest absolute Gasteiger partial charge is 0.410 e. The normalized spacial score (nSPS) is 17.5. The average molecular weight is 435 g/mol. The van der Waals surface area contributed by atoms with Crippen LogP contribution >= 0.6 is 0 Å². The van der Waals surface area contributed by atoms with Gasteiger partial charge in [0, 0.05) is 31.1 Å². The molecule has 0 aliphatic carbocycles.